The van der Waals surface area contributed by atoms with Crippen LogP contribution in [-0.4, -0.2) is 24.4 Å². The van der Waals surface area contributed by atoms with Crippen molar-refractivity contribution in [2.75, 3.05) is 11.9 Å². The minimum atomic E-state index is -0.224. The molecule has 0 radical (unpaired) electrons. The Hall–Kier alpha value is -2.18. The molecule has 4 N–H and O–H groups in total. The van der Waals surface area contributed by atoms with Crippen molar-refractivity contribution in [3.05, 3.63) is 51.9 Å². The number of carbonyl (C=O) groups excluding carboxylic acids is 2. The number of benzene rings is 1. The van der Waals surface area contributed by atoms with Crippen LogP contribution >= 0.6 is 11.3 Å². The fourth-order valence-electron chi connectivity index (χ4n) is 2.83. The molecule has 1 atom stereocenters. The molecule has 2 amide bonds. The van der Waals surface area contributed by atoms with Crippen LogP contribution in [0.3, 0.4) is 0 Å². The van der Waals surface area contributed by atoms with Crippen molar-refractivity contribution in [2.24, 2.45) is 5.73 Å². The second-order valence-corrected chi connectivity index (χ2v) is 6.98. The Morgan fingerprint density at radius 2 is 2.00 bits per heavy atom. The first-order valence-electron chi connectivity index (χ1n) is 8.10. The quantitative estimate of drug-likeness (QED) is 0.780. The summed E-state index contributed by atoms with van der Waals surface area (Å²) in [5, 5.41) is 8.02. The van der Waals surface area contributed by atoms with E-state index in [9.17, 15) is 9.59 Å². The Kier molecular flexibility index (Phi) is 4.97. The van der Waals surface area contributed by atoms with Gasteiger partial charge in [0.15, 0.2) is 0 Å². The summed E-state index contributed by atoms with van der Waals surface area (Å²) < 4.78 is 0. The second-order valence-electron chi connectivity index (χ2n) is 6.06. The fraction of sp³-hybridized carbons (Fsp3) is 0.333. The molecule has 0 unspecified atom stereocenters. The highest BCUT2D eigenvalue weighted by Gasteiger charge is 2.18. The van der Waals surface area contributed by atoms with Gasteiger partial charge in [-0.2, -0.15) is 0 Å². The van der Waals surface area contributed by atoms with E-state index in [2.05, 4.69) is 10.6 Å². The summed E-state index contributed by atoms with van der Waals surface area (Å²) in [5.41, 5.74) is 9.21. The molecule has 6 heteroatoms. The molecular formula is C18H21N3O2S. The molecule has 0 bridgehead atoms. The third-order valence-electron chi connectivity index (χ3n) is 4.23. The zero-order chi connectivity index (χ0) is 17.1. The molecule has 0 saturated heterocycles. The standard InChI is InChI=1S/C18H21N3O2S/c1-11(10-19)20-17(23)15-7-8-24-18(15)21-16(22)14-6-5-12-3-2-4-13(12)9-14/h5-9,11H,2-4,10,19H2,1H3,(H,20,23)(H,21,22)/t11-/m0/s1. The highest BCUT2D eigenvalue weighted by molar-refractivity contribution is 7.14. The lowest BCUT2D eigenvalue weighted by molar-refractivity contribution is 0.0942. The van der Waals surface area contributed by atoms with E-state index in [0.717, 1.165) is 19.3 Å². The van der Waals surface area contributed by atoms with Gasteiger partial charge in [-0.25, -0.2) is 0 Å². The summed E-state index contributed by atoms with van der Waals surface area (Å²) in [4.78, 5) is 24.8. The maximum Gasteiger partial charge on any atom is 0.256 e. The smallest absolute Gasteiger partial charge is 0.256 e. The van der Waals surface area contributed by atoms with Crippen LogP contribution in [0.5, 0.6) is 0 Å². The van der Waals surface area contributed by atoms with Gasteiger partial charge in [-0.1, -0.05) is 6.07 Å². The number of anilines is 1. The summed E-state index contributed by atoms with van der Waals surface area (Å²) >= 11 is 1.34. The van der Waals surface area contributed by atoms with Gasteiger partial charge in [0.1, 0.15) is 5.00 Å². The van der Waals surface area contributed by atoms with Crippen LogP contribution < -0.4 is 16.4 Å². The van der Waals surface area contributed by atoms with E-state index in [4.69, 9.17) is 5.73 Å². The van der Waals surface area contributed by atoms with E-state index in [1.54, 1.807) is 11.4 Å². The molecule has 1 aromatic heterocycles. The molecule has 0 fully saturated rings. The van der Waals surface area contributed by atoms with Gasteiger partial charge in [-0.3, -0.25) is 9.59 Å². The number of amides is 2. The van der Waals surface area contributed by atoms with Crippen LogP contribution in [0.4, 0.5) is 5.00 Å². The van der Waals surface area contributed by atoms with Gasteiger partial charge < -0.3 is 16.4 Å². The van der Waals surface area contributed by atoms with Crippen molar-refractivity contribution >= 4 is 28.2 Å². The van der Waals surface area contributed by atoms with Crippen LogP contribution in [-0.2, 0) is 12.8 Å². The number of hydrogen-bond acceptors (Lipinski definition) is 4. The SMILES string of the molecule is C[C@@H](CN)NC(=O)c1ccsc1NC(=O)c1ccc2c(c1)CCC2. The number of rotatable bonds is 5. The molecule has 1 aliphatic rings. The molecule has 1 aromatic carbocycles. The van der Waals surface area contributed by atoms with Gasteiger partial charge in [0.05, 0.1) is 5.56 Å². The number of aryl methyl sites for hydroxylation is 2. The zero-order valence-electron chi connectivity index (χ0n) is 13.6. The van der Waals surface area contributed by atoms with Crippen molar-refractivity contribution in [1.29, 1.82) is 0 Å². The van der Waals surface area contributed by atoms with Crippen molar-refractivity contribution in [1.82, 2.24) is 5.32 Å². The number of nitrogens with one attached hydrogen (secondary N) is 2. The van der Waals surface area contributed by atoms with Gasteiger partial charge in [0.2, 0.25) is 0 Å². The highest BCUT2D eigenvalue weighted by atomic mass is 32.1. The zero-order valence-corrected chi connectivity index (χ0v) is 14.4. The lowest BCUT2D eigenvalue weighted by Gasteiger charge is -2.12. The summed E-state index contributed by atoms with van der Waals surface area (Å²) in [6, 6.07) is 7.44. The molecule has 0 aliphatic heterocycles. The van der Waals surface area contributed by atoms with E-state index < -0.39 is 0 Å². The van der Waals surface area contributed by atoms with Crippen molar-refractivity contribution in [3.63, 3.8) is 0 Å². The van der Waals surface area contributed by atoms with Crippen LogP contribution in [0.15, 0.2) is 29.6 Å². The first-order chi connectivity index (χ1) is 11.6. The summed E-state index contributed by atoms with van der Waals surface area (Å²) in [6.07, 6.45) is 3.26. The molecule has 5 nitrogen and oxygen atoms in total. The number of nitrogens with two attached hydrogens (primary N) is 1. The third-order valence-corrected chi connectivity index (χ3v) is 5.06. The molecule has 24 heavy (non-hydrogen) atoms. The predicted molar refractivity (Wildman–Crippen MR) is 96.7 cm³/mol. The Morgan fingerprint density at radius 3 is 2.79 bits per heavy atom. The second kappa shape index (κ2) is 7.15. The summed E-state index contributed by atoms with van der Waals surface area (Å²) in [7, 11) is 0. The Balaban J connectivity index is 1.73. The third kappa shape index (κ3) is 3.49. The molecule has 1 aliphatic carbocycles. The maximum atomic E-state index is 12.5. The van der Waals surface area contributed by atoms with E-state index in [0.29, 0.717) is 22.7 Å². The molecule has 3 rings (SSSR count). The van der Waals surface area contributed by atoms with Gasteiger partial charge in [0, 0.05) is 18.2 Å². The van der Waals surface area contributed by atoms with Crippen molar-refractivity contribution in [2.45, 2.75) is 32.2 Å². The largest absolute Gasteiger partial charge is 0.348 e. The van der Waals surface area contributed by atoms with Crippen LogP contribution in [0.1, 0.15) is 45.2 Å². The summed E-state index contributed by atoms with van der Waals surface area (Å²) in [6.45, 7) is 2.21. The van der Waals surface area contributed by atoms with E-state index in [1.165, 1.54) is 22.5 Å². The van der Waals surface area contributed by atoms with Gasteiger partial charge >= 0.3 is 0 Å². The maximum absolute atomic E-state index is 12.5. The fourth-order valence-corrected chi connectivity index (χ4v) is 3.61. The van der Waals surface area contributed by atoms with Gasteiger partial charge in [-0.05, 0) is 60.9 Å². The molecule has 2 aromatic rings. The molecule has 1 heterocycles. The van der Waals surface area contributed by atoms with E-state index in [1.807, 2.05) is 25.1 Å². The van der Waals surface area contributed by atoms with Crippen molar-refractivity contribution in [3.8, 4) is 0 Å². The van der Waals surface area contributed by atoms with Gasteiger partial charge in [-0.15, -0.1) is 11.3 Å². The normalized spacial score (nSPS) is 14.1. The molecular weight excluding hydrogens is 322 g/mol. The molecule has 0 spiro atoms. The average molecular weight is 343 g/mol. The van der Waals surface area contributed by atoms with Gasteiger partial charge in [0.25, 0.3) is 11.8 Å². The number of hydrogen-bond donors (Lipinski definition) is 3. The van der Waals surface area contributed by atoms with Crippen LogP contribution in [0, 0.1) is 0 Å². The Morgan fingerprint density at radius 1 is 1.21 bits per heavy atom. The minimum absolute atomic E-state index is 0.113. The van der Waals surface area contributed by atoms with Crippen molar-refractivity contribution < 1.29 is 9.59 Å². The van der Waals surface area contributed by atoms with E-state index in [-0.39, 0.29) is 17.9 Å². The minimum Gasteiger partial charge on any atom is -0.348 e. The average Bonchev–Trinajstić information content (AvgIpc) is 3.22. The lowest BCUT2D eigenvalue weighted by Crippen LogP contribution is -2.37. The van der Waals surface area contributed by atoms with Crippen LogP contribution in [0.2, 0.25) is 0 Å². The predicted octanol–water partition coefficient (Wildman–Crippen LogP) is 2.57. The highest BCUT2D eigenvalue weighted by Crippen LogP contribution is 2.26. The number of carbonyl (C=O) groups is 2. The Bertz CT molecular complexity index is 769. The topological polar surface area (TPSA) is 84.2 Å². The number of thiophene rings is 1. The monoisotopic (exact) mass is 343 g/mol. The van der Waals surface area contributed by atoms with E-state index >= 15 is 0 Å². The molecule has 126 valence electrons. The summed E-state index contributed by atoms with van der Waals surface area (Å²) in [5.74, 6) is -0.411. The van der Waals surface area contributed by atoms with Crippen LogP contribution in [0.25, 0.3) is 0 Å². The first-order valence-corrected chi connectivity index (χ1v) is 8.98. The first kappa shape index (κ1) is 16.7. The Labute approximate surface area is 145 Å². The lowest BCUT2D eigenvalue weighted by atomic mass is 10.1. The number of fused-ring (bicyclic) bond motifs is 1. The molecule has 0 saturated carbocycles.